The zero-order valence-electron chi connectivity index (χ0n) is 26.5. The van der Waals surface area contributed by atoms with Gasteiger partial charge in [-0.2, -0.15) is 5.10 Å². The highest BCUT2D eigenvalue weighted by atomic mass is 19.1. The van der Waals surface area contributed by atoms with Gasteiger partial charge in [-0.05, 0) is 44.6 Å². The molecule has 14 heteroatoms. The highest BCUT2D eigenvalue weighted by Gasteiger charge is 2.23. The highest BCUT2D eigenvalue weighted by molar-refractivity contribution is 6.05. The molecular formula is C30H28F2N8O4. The standard InChI is InChI=1S/C30H28F2N8O4/c1-39-7-4-5-17(39)9-21(32)30(41)38-23-11-19-22(13-26(23)42-2)33-15-35-29(19)37-24-12-20(31)25(14-27(24)43-3)44-18-6-8-40-28(10-18)34-16-36-40/h6,8-17H,4-5,7H2,1-3H3,(H,38,41)(H,33,35,37)/i3D3. The Morgan fingerprint density at radius 1 is 1.09 bits per heavy atom. The summed E-state index contributed by atoms with van der Waals surface area (Å²) in [6, 6.07) is 7.92. The van der Waals surface area contributed by atoms with Gasteiger partial charge in [0.15, 0.2) is 23.0 Å². The molecule has 0 spiro atoms. The summed E-state index contributed by atoms with van der Waals surface area (Å²) in [5.41, 5.74) is 0.811. The van der Waals surface area contributed by atoms with Crippen molar-refractivity contribution in [2.75, 3.05) is 38.4 Å². The predicted octanol–water partition coefficient (Wildman–Crippen LogP) is 5.25. The van der Waals surface area contributed by atoms with Gasteiger partial charge in [-0.25, -0.2) is 28.2 Å². The molecule has 1 fully saturated rings. The van der Waals surface area contributed by atoms with Crippen molar-refractivity contribution in [2.45, 2.75) is 18.9 Å². The Morgan fingerprint density at radius 3 is 2.75 bits per heavy atom. The van der Waals surface area contributed by atoms with Crippen molar-refractivity contribution in [3.63, 3.8) is 0 Å². The molecule has 2 N–H and O–H groups in total. The Labute approximate surface area is 254 Å². The van der Waals surface area contributed by atoms with E-state index in [1.807, 2.05) is 11.9 Å². The van der Waals surface area contributed by atoms with E-state index < -0.39 is 24.6 Å². The molecule has 1 aliphatic rings. The molecule has 1 aliphatic heterocycles. The number of amides is 1. The summed E-state index contributed by atoms with van der Waals surface area (Å²) in [7, 11) is 0.336. The van der Waals surface area contributed by atoms with Crippen LogP contribution in [0.15, 0.2) is 67.2 Å². The largest absolute Gasteiger partial charge is 0.494 e. The van der Waals surface area contributed by atoms with Gasteiger partial charge in [-0.1, -0.05) is 0 Å². The number of hydrogen-bond acceptors (Lipinski definition) is 10. The van der Waals surface area contributed by atoms with E-state index in [-0.39, 0.29) is 46.2 Å². The molecule has 1 atom stereocenters. The fourth-order valence-electron chi connectivity index (χ4n) is 4.93. The third kappa shape index (κ3) is 5.79. The van der Waals surface area contributed by atoms with E-state index in [1.165, 1.54) is 54.6 Å². The molecule has 0 aliphatic carbocycles. The number of hydrogen-bond donors (Lipinski definition) is 2. The first-order chi connectivity index (χ1) is 22.5. The molecule has 0 radical (unpaired) electrons. The van der Waals surface area contributed by atoms with Gasteiger partial charge in [0, 0.05) is 41.9 Å². The number of pyridine rings is 1. The number of halogens is 2. The lowest BCUT2D eigenvalue weighted by atomic mass is 10.1. The summed E-state index contributed by atoms with van der Waals surface area (Å²) in [6.07, 6.45) is 7.06. The van der Waals surface area contributed by atoms with E-state index >= 15 is 4.39 Å². The second-order valence-electron chi connectivity index (χ2n) is 9.98. The van der Waals surface area contributed by atoms with Crippen LogP contribution >= 0.6 is 0 Å². The van der Waals surface area contributed by atoms with Crippen molar-refractivity contribution in [1.29, 1.82) is 0 Å². The second-order valence-corrected chi connectivity index (χ2v) is 9.98. The maximum atomic E-state index is 15.4. The first kappa shape index (κ1) is 25.2. The molecule has 1 unspecified atom stereocenters. The van der Waals surface area contributed by atoms with Crippen molar-refractivity contribution in [3.05, 3.63) is 73.0 Å². The Hall–Kier alpha value is -5.37. The molecule has 1 amide bonds. The Balaban J connectivity index is 1.33. The minimum atomic E-state index is -2.91. The van der Waals surface area contributed by atoms with Crippen LogP contribution in [-0.2, 0) is 4.79 Å². The number of aromatic nitrogens is 5. The molecule has 226 valence electrons. The number of benzene rings is 2. The van der Waals surface area contributed by atoms with E-state index in [2.05, 4.69) is 30.7 Å². The van der Waals surface area contributed by atoms with Crippen LogP contribution in [0.2, 0.25) is 0 Å². The molecule has 4 heterocycles. The fraction of sp³-hybridized carbons (Fsp3) is 0.233. The maximum absolute atomic E-state index is 15.4. The molecule has 1 saturated heterocycles. The lowest BCUT2D eigenvalue weighted by Crippen LogP contribution is -2.24. The van der Waals surface area contributed by atoms with Crippen molar-refractivity contribution in [2.24, 2.45) is 0 Å². The SMILES string of the molecule is [2H]C([2H])([2H])Oc1cc(Oc2ccn3ncnc3c2)c(F)cc1Nc1ncnc2cc(OC)c(NC(=O)C(F)=CC3CCCN3C)cc12. The van der Waals surface area contributed by atoms with E-state index in [4.69, 9.17) is 18.3 Å². The zero-order valence-corrected chi connectivity index (χ0v) is 23.5. The van der Waals surface area contributed by atoms with E-state index in [9.17, 15) is 9.18 Å². The van der Waals surface area contributed by atoms with Crippen LogP contribution in [0, 0.1) is 5.82 Å². The zero-order chi connectivity index (χ0) is 33.3. The van der Waals surface area contributed by atoms with Crippen molar-refractivity contribution in [1.82, 2.24) is 29.5 Å². The van der Waals surface area contributed by atoms with Crippen molar-refractivity contribution >= 4 is 39.6 Å². The number of ether oxygens (including phenoxy) is 3. The van der Waals surface area contributed by atoms with Crippen LogP contribution in [0.4, 0.5) is 26.0 Å². The first-order valence-corrected chi connectivity index (χ1v) is 13.5. The van der Waals surface area contributed by atoms with Crippen LogP contribution in [0.1, 0.15) is 17.0 Å². The number of rotatable bonds is 9. The normalized spacial score (nSPS) is 16.8. The summed E-state index contributed by atoms with van der Waals surface area (Å²) in [6.45, 7) is 0.809. The summed E-state index contributed by atoms with van der Waals surface area (Å²) >= 11 is 0. The molecule has 6 rings (SSSR count). The third-order valence-corrected chi connectivity index (χ3v) is 7.21. The number of anilines is 3. The van der Waals surface area contributed by atoms with Gasteiger partial charge in [0.05, 0.1) is 35.2 Å². The Bertz CT molecular complexity index is 2010. The molecule has 3 aromatic heterocycles. The number of methoxy groups -OCH3 is 2. The molecule has 12 nitrogen and oxygen atoms in total. The monoisotopic (exact) mass is 605 g/mol. The Morgan fingerprint density at radius 2 is 1.95 bits per heavy atom. The minimum absolute atomic E-state index is 0.0949. The second kappa shape index (κ2) is 12.1. The summed E-state index contributed by atoms with van der Waals surface area (Å²) in [5.74, 6) is -2.85. The number of fused-ring (bicyclic) bond motifs is 2. The summed E-state index contributed by atoms with van der Waals surface area (Å²) in [5, 5.41) is 9.73. The number of carbonyl (C=O) groups is 1. The molecule has 0 saturated carbocycles. The van der Waals surface area contributed by atoms with Crippen molar-refractivity contribution in [3.8, 4) is 23.0 Å². The number of likely N-dealkylation sites (N-methyl/N-ethyl adjacent to an activating group) is 1. The van der Waals surface area contributed by atoms with Crippen molar-refractivity contribution < 1.29 is 31.9 Å². The van der Waals surface area contributed by atoms with Gasteiger partial charge in [0.25, 0.3) is 5.91 Å². The van der Waals surface area contributed by atoms with E-state index in [0.29, 0.717) is 16.6 Å². The number of likely N-dealkylation sites (tertiary alicyclic amines) is 1. The van der Waals surface area contributed by atoms with Crippen LogP contribution in [0.25, 0.3) is 16.6 Å². The van der Waals surface area contributed by atoms with Gasteiger partial charge >= 0.3 is 0 Å². The number of nitrogens with one attached hydrogen (secondary N) is 2. The van der Waals surface area contributed by atoms with Crippen LogP contribution in [0.3, 0.4) is 0 Å². The molecule has 5 aromatic rings. The first-order valence-electron chi connectivity index (χ1n) is 15.0. The summed E-state index contributed by atoms with van der Waals surface area (Å²) < 4.78 is 71.1. The molecule has 2 aromatic carbocycles. The fourth-order valence-corrected chi connectivity index (χ4v) is 4.93. The van der Waals surface area contributed by atoms with Gasteiger partial charge in [0.2, 0.25) is 0 Å². The minimum Gasteiger partial charge on any atom is -0.494 e. The van der Waals surface area contributed by atoms with Gasteiger partial charge in [-0.3, -0.25) is 9.69 Å². The molecular weight excluding hydrogens is 574 g/mol. The van der Waals surface area contributed by atoms with Gasteiger partial charge in [-0.15, -0.1) is 0 Å². The van der Waals surface area contributed by atoms with Gasteiger partial charge in [0.1, 0.15) is 35.7 Å². The number of carbonyl (C=O) groups excluding carboxylic acids is 1. The van der Waals surface area contributed by atoms with Crippen LogP contribution in [-0.4, -0.2) is 69.2 Å². The number of nitrogens with zero attached hydrogens (tertiary/aromatic N) is 6. The van der Waals surface area contributed by atoms with Crippen LogP contribution < -0.4 is 24.8 Å². The van der Waals surface area contributed by atoms with Crippen LogP contribution in [0.5, 0.6) is 23.0 Å². The third-order valence-electron chi connectivity index (χ3n) is 7.21. The smallest absolute Gasteiger partial charge is 0.284 e. The highest BCUT2D eigenvalue weighted by Crippen LogP contribution is 2.38. The summed E-state index contributed by atoms with van der Waals surface area (Å²) in [4.78, 5) is 27.3. The lowest BCUT2D eigenvalue weighted by molar-refractivity contribution is -0.114. The molecule has 0 bridgehead atoms. The lowest BCUT2D eigenvalue weighted by Gasteiger charge is -2.17. The quantitative estimate of drug-likeness (QED) is 0.215. The maximum Gasteiger partial charge on any atom is 0.284 e. The average Bonchev–Trinajstić information content (AvgIpc) is 3.66. The molecule has 44 heavy (non-hydrogen) atoms. The Kier molecular flexibility index (Phi) is 6.91. The average molecular weight is 606 g/mol. The predicted molar refractivity (Wildman–Crippen MR) is 159 cm³/mol. The van der Waals surface area contributed by atoms with E-state index in [0.717, 1.165) is 31.5 Å². The van der Waals surface area contributed by atoms with Gasteiger partial charge < -0.3 is 24.8 Å². The topological polar surface area (TPSA) is 128 Å². The van der Waals surface area contributed by atoms with E-state index in [1.54, 1.807) is 6.20 Å².